The van der Waals surface area contributed by atoms with Crippen molar-refractivity contribution >= 4 is 17.7 Å². The van der Waals surface area contributed by atoms with Crippen molar-refractivity contribution in [3.8, 4) is 0 Å². The fraction of sp³-hybridized carbons (Fsp3) is 0.214. The molecule has 1 aromatic carbocycles. The van der Waals surface area contributed by atoms with Crippen LogP contribution >= 0.6 is 11.8 Å². The molecule has 0 saturated carbocycles. The van der Waals surface area contributed by atoms with Gasteiger partial charge in [-0.3, -0.25) is 0 Å². The summed E-state index contributed by atoms with van der Waals surface area (Å²) in [5, 5.41) is 0.641. The third kappa shape index (κ3) is 3.54. The number of carbonyl (C=O) groups is 1. The largest absolute Gasteiger partial charge is 0.465 e. The number of ether oxygens (including phenoxy) is 1. The van der Waals surface area contributed by atoms with Gasteiger partial charge in [-0.1, -0.05) is 17.8 Å². The normalized spacial score (nSPS) is 10.3. The minimum atomic E-state index is -0.677. The molecule has 1 aromatic heterocycles. The lowest BCUT2D eigenvalue weighted by atomic mass is 10.1. The predicted molar refractivity (Wildman–Crippen MR) is 74.1 cm³/mol. The third-order valence-corrected chi connectivity index (χ3v) is 3.51. The highest BCUT2D eigenvalue weighted by molar-refractivity contribution is 7.98. The molecule has 1 heterocycles. The van der Waals surface area contributed by atoms with E-state index in [9.17, 15) is 9.18 Å². The smallest absolute Gasteiger partial charge is 0.340 e. The summed E-state index contributed by atoms with van der Waals surface area (Å²) in [5.41, 5.74) is 1.58. The van der Waals surface area contributed by atoms with Gasteiger partial charge in [-0.05, 0) is 30.7 Å². The number of thioether (sulfide) groups is 1. The second kappa shape index (κ2) is 6.47. The second-order valence-electron chi connectivity index (χ2n) is 4.08. The highest BCUT2D eigenvalue weighted by Crippen LogP contribution is 2.21. The van der Waals surface area contributed by atoms with Crippen LogP contribution in [0.1, 0.15) is 21.6 Å². The summed E-state index contributed by atoms with van der Waals surface area (Å²) in [7, 11) is 1.22. The summed E-state index contributed by atoms with van der Waals surface area (Å²) in [6, 6.07) is 6.26. The molecule has 0 saturated heterocycles. The van der Waals surface area contributed by atoms with Crippen molar-refractivity contribution in [1.82, 2.24) is 9.97 Å². The molecular formula is C14H13FN2O2S. The zero-order valence-corrected chi connectivity index (χ0v) is 11.9. The molecule has 0 fully saturated rings. The number of hydrogen-bond donors (Lipinski definition) is 0. The molecule has 0 aliphatic rings. The van der Waals surface area contributed by atoms with Crippen molar-refractivity contribution in [3.63, 3.8) is 0 Å². The summed E-state index contributed by atoms with van der Waals surface area (Å²) in [6.07, 6.45) is 1.69. The molecule has 20 heavy (non-hydrogen) atoms. The maximum Gasteiger partial charge on any atom is 0.340 e. The summed E-state index contributed by atoms with van der Waals surface area (Å²) in [6.45, 7) is 1.89. The van der Waals surface area contributed by atoms with Crippen molar-refractivity contribution in [2.45, 2.75) is 17.8 Å². The van der Waals surface area contributed by atoms with Gasteiger partial charge in [0.25, 0.3) is 0 Å². The van der Waals surface area contributed by atoms with Crippen LogP contribution < -0.4 is 0 Å². The first-order chi connectivity index (χ1) is 9.60. The molecule has 4 nitrogen and oxygen atoms in total. The molecule has 2 rings (SSSR count). The lowest BCUT2D eigenvalue weighted by molar-refractivity contribution is 0.0595. The molecular weight excluding hydrogens is 279 g/mol. The van der Waals surface area contributed by atoms with E-state index in [0.717, 1.165) is 11.3 Å². The van der Waals surface area contributed by atoms with Gasteiger partial charge in [0.15, 0.2) is 5.16 Å². The van der Waals surface area contributed by atoms with Gasteiger partial charge in [-0.25, -0.2) is 19.2 Å². The van der Waals surface area contributed by atoms with Crippen LogP contribution in [-0.2, 0) is 10.5 Å². The average molecular weight is 292 g/mol. The van der Waals surface area contributed by atoms with Crippen molar-refractivity contribution in [1.29, 1.82) is 0 Å². The monoisotopic (exact) mass is 292 g/mol. The van der Waals surface area contributed by atoms with E-state index in [1.165, 1.54) is 31.0 Å². The van der Waals surface area contributed by atoms with E-state index in [0.29, 0.717) is 10.9 Å². The number of aryl methyl sites for hydroxylation is 1. The highest BCUT2D eigenvalue weighted by Gasteiger charge is 2.12. The van der Waals surface area contributed by atoms with Crippen LogP contribution in [0.5, 0.6) is 0 Å². The molecule has 0 N–H and O–H groups in total. The van der Waals surface area contributed by atoms with Gasteiger partial charge in [-0.15, -0.1) is 0 Å². The van der Waals surface area contributed by atoms with E-state index in [1.54, 1.807) is 12.3 Å². The second-order valence-corrected chi connectivity index (χ2v) is 5.02. The van der Waals surface area contributed by atoms with Crippen LogP contribution in [0.15, 0.2) is 35.6 Å². The van der Waals surface area contributed by atoms with Crippen molar-refractivity contribution in [2.24, 2.45) is 0 Å². The predicted octanol–water partition coefficient (Wildman–Crippen LogP) is 3.00. The molecule has 0 atom stereocenters. The van der Waals surface area contributed by atoms with Crippen molar-refractivity contribution in [3.05, 3.63) is 53.1 Å². The van der Waals surface area contributed by atoms with Gasteiger partial charge >= 0.3 is 5.97 Å². The molecule has 0 spiro atoms. The van der Waals surface area contributed by atoms with E-state index >= 15 is 0 Å². The van der Waals surface area contributed by atoms with Gasteiger partial charge in [0.05, 0.1) is 12.7 Å². The lowest BCUT2D eigenvalue weighted by Crippen LogP contribution is -2.04. The number of esters is 1. The first-order valence-electron chi connectivity index (χ1n) is 5.89. The maximum absolute atomic E-state index is 13.7. The Balaban J connectivity index is 2.07. The zero-order chi connectivity index (χ0) is 14.5. The molecule has 0 aliphatic heterocycles. The first-order valence-corrected chi connectivity index (χ1v) is 6.88. The minimum Gasteiger partial charge on any atom is -0.465 e. The van der Waals surface area contributed by atoms with Gasteiger partial charge < -0.3 is 4.74 Å². The third-order valence-electron chi connectivity index (χ3n) is 2.58. The number of hydrogen-bond acceptors (Lipinski definition) is 5. The quantitative estimate of drug-likeness (QED) is 0.492. The Labute approximate surface area is 120 Å². The van der Waals surface area contributed by atoms with E-state index in [2.05, 4.69) is 14.7 Å². The van der Waals surface area contributed by atoms with Crippen LogP contribution in [0.3, 0.4) is 0 Å². The average Bonchev–Trinajstić information content (AvgIpc) is 2.44. The number of methoxy groups -OCH3 is 1. The Morgan fingerprint density at radius 1 is 1.40 bits per heavy atom. The molecule has 0 radical (unpaired) electrons. The van der Waals surface area contributed by atoms with Gasteiger partial charge in [-0.2, -0.15) is 0 Å². The molecule has 2 aromatic rings. The number of nitrogens with zero attached hydrogens (tertiary/aromatic N) is 2. The van der Waals surface area contributed by atoms with Crippen LogP contribution in [0.25, 0.3) is 0 Å². The minimum absolute atomic E-state index is 0.0620. The standard InChI is InChI=1S/C14H13FN2O2S/c1-9-5-6-16-14(17-9)20-8-10-3-4-11(12(15)7-10)13(18)19-2/h3-7H,8H2,1-2H3. The van der Waals surface area contributed by atoms with E-state index in [-0.39, 0.29) is 5.56 Å². The number of benzene rings is 1. The number of aromatic nitrogens is 2. The highest BCUT2D eigenvalue weighted by atomic mass is 32.2. The van der Waals surface area contributed by atoms with Crippen LogP contribution in [0.2, 0.25) is 0 Å². The Morgan fingerprint density at radius 2 is 2.20 bits per heavy atom. The summed E-state index contributed by atoms with van der Waals surface area (Å²) >= 11 is 1.41. The van der Waals surface area contributed by atoms with Gasteiger partial charge in [0.2, 0.25) is 0 Å². The number of carbonyl (C=O) groups excluding carboxylic acids is 1. The van der Waals surface area contributed by atoms with Gasteiger partial charge in [0.1, 0.15) is 5.82 Å². The first kappa shape index (κ1) is 14.5. The van der Waals surface area contributed by atoms with Crippen molar-refractivity contribution < 1.29 is 13.9 Å². The zero-order valence-electron chi connectivity index (χ0n) is 11.1. The SMILES string of the molecule is COC(=O)c1ccc(CSc2nccc(C)n2)cc1F. The van der Waals surface area contributed by atoms with Crippen molar-refractivity contribution in [2.75, 3.05) is 7.11 Å². The fourth-order valence-corrected chi connectivity index (χ4v) is 2.39. The molecule has 104 valence electrons. The topological polar surface area (TPSA) is 52.1 Å². The van der Waals surface area contributed by atoms with Crippen LogP contribution in [0.4, 0.5) is 4.39 Å². The molecule has 6 heteroatoms. The van der Waals surface area contributed by atoms with Crippen LogP contribution in [0, 0.1) is 12.7 Å². The molecule has 0 bridgehead atoms. The number of halogens is 1. The van der Waals surface area contributed by atoms with Crippen LogP contribution in [-0.4, -0.2) is 23.0 Å². The van der Waals surface area contributed by atoms with E-state index in [4.69, 9.17) is 0 Å². The molecule has 0 aliphatic carbocycles. The molecule has 0 unspecified atom stereocenters. The Bertz CT molecular complexity index is 634. The summed E-state index contributed by atoms with van der Waals surface area (Å²) in [5.74, 6) is -0.731. The maximum atomic E-state index is 13.7. The fourth-order valence-electron chi connectivity index (χ4n) is 1.57. The lowest BCUT2D eigenvalue weighted by Gasteiger charge is -2.05. The van der Waals surface area contributed by atoms with E-state index < -0.39 is 11.8 Å². The van der Waals surface area contributed by atoms with Gasteiger partial charge in [0, 0.05) is 17.6 Å². The summed E-state index contributed by atoms with van der Waals surface area (Å²) < 4.78 is 18.2. The Morgan fingerprint density at radius 3 is 2.85 bits per heavy atom. The summed E-state index contributed by atoms with van der Waals surface area (Å²) in [4.78, 5) is 19.6. The number of rotatable bonds is 4. The Kier molecular flexibility index (Phi) is 4.68. The molecule has 0 amide bonds. The Hall–Kier alpha value is -1.95. The van der Waals surface area contributed by atoms with E-state index in [1.807, 2.05) is 13.0 Å².